The van der Waals surface area contributed by atoms with E-state index in [1.165, 1.54) is 0 Å². The van der Waals surface area contributed by atoms with Crippen LogP contribution in [0.5, 0.6) is 0 Å². The van der Waals surface area contributed by atoms with Gasteiger partial charge in [-0.3, -0.25) is 9.59 Å². The molecule has 1 rings (SSSR count). The third kappa shape index (κ3) is 6.78. The molecule has 2 N–H and O–H groups in total. The number of benzene rings is 1. The van der Waals surface area contributed by atoms with Crippen molar-refractivity contribution in [1.82, 2.24) is 5.32 Å². The van der Waals surface area contributed by atoms with Crippen molar-refractivity contribution in [3.63, 3.8) is 0 Å². The van der Waals surface area contributed by atoms with E-state index in [0.717, 1.165) is 12.2 Å². The molecule has 0 fully saturated rings. The fraction of sp³-hybridized carbons (Fsp3) is 0.467. The Balaban J connectivity index is 2.11. The summed E-state index contributed by atoms with van der Waals surface area (Å²) in [7, 11) is 1.98. The van der Waals surface area contributed by atoms with Crippen LogP contribution in [0.4, 0.5) is 5.69 Å². The molecule has 0 saturated heterocycles. The second kappa shape index (κ2) is 8.96. The van der Waals surface area contributed by atoms with E-state index >= 15 is 0 Å². The summed E-state index contributed by atoms with van der Waals surface area (Å²) in [5.74, 6) is -0.827. The molecule has 1 amide bonds. The zero-order chi connectivity index (χ0) is 14.8. The summed E-state index contributed by atoms with van der Waals surface area (Å²) in [4.78, 5) is 23.9. The number of hydrogen-bond donors (Lipinski definition) is 2. The van der Waals surface area contributed by atoms with Crippen molar-refractivity contribution in [3.8, 4) is 0 Å². The Bertz CT molecular complexity index is 420. The van der Waals surface area contributed by atoms with Gasteiger partial charge in [0.25, 0.3) is 0 Å². The van der Waals surface area contributed by atoms with Crippen LogP contribution in [-0.4, -0.2) is 37.1 Å². The quantitative estimate of drug-likeness (QED) is 0.677. The predicted octanol–water partition coefficient (Wildman–Crippen LogP) is 1.88. The smallest absolute Gasteiger partial charge is 0.303 e. The summed E-state index contributed by atoms with van der Waals surface area (Å²) in [6.45, 7) is 1.33. The number of carboxylic acids is 1. The zero-order valence-corrected chi connectivity index (χ0v) is 11.8. The van der Waals surface area contributed by atoms with Gasteiger partial charge in [0.1, 0.15) is 0 Å². The standard InChI is InChI=1S/C15H22N2O3/c1-17(13-7-3-2-4-8-13)12-11-16-14(18)9-5-6-10-15(19)20/h2-4,7-8H,5-6,9-12H2,1H3,(H,16,18)(H,19,20). The summed E-state index contributed by atoms with van der Waals surface area (Å²) >= 11 is 0. The van der Waals surface area contributed by atoms with E-state index in [-0.39, 0.29) is 12.3 Å². The normalized spacial score (nSPS) is 10.1. The number of unbranched alkanes of at least 4 members (excludes halogenated alkanes) is 1. The van der Waals surface area contributed by atoms with Crippen LogP contribution in [0.15, 0.2) is 30.3 Å². The SMILES string of the molecule is CN(CCNC(=O)CCCCC(=O)O)c1ccccc1. The molecular weight excluding hydrogens is 256 g/mol. The highest BCUT2D eigenvalue weighted by molar-refractivity contribution is 5.76. The van der Waals surface area contributed by atoms with Crippen molar-refractivity contribution in [2.45, 2.75) is 25.7 Å². The number of nitrogens with zero attached hydrogens (tertiary/aromatic N) is 1. The largest absolute Gasteiger partial charge is 0.481 e. The number of carbonyl (C=O) groups excluding carboxylic acids is 1. The average Bonchev–Trinajstić information content (AvgIpc) is 2.44. The number of anilines is 1. The fourth-order valence-corrected chi connectivity index (χ4v) is 1.82. The first-order chi connectivity index (χ1) is 9.59. The third-order valence-corrected chi connectivity index (χ3v) is 3.01. The van der Waals surface area contributed by atoms with Crippen molar-refractivity contribution in [2.75, 3.05) is 25.0 Å². The minimum absolute atomic E-state index is 0.0168. The lowest BCUT2D eigenvalue weighted by molar-refractivity contribution is -0.137. The molecule has 0 radical (unpaired) electrons. The molecular formula is C15H22N2O3. The minimum atomic E-state index is -0.810. The molecule has 1 aromatic rings. The average molecular weight is 278 g/mol. The lowest BCUT2D eigenvalue weighted by Gasteiger charge is -2.19. The maximum absolute atomic E-state index is 11.5. The summed E-state index contributed by atoms with van der Waals surface area (Å²) < 4.78 is 0. The lowest BCUT2D eigenvalue weighted by atomic mass is 10.2. The van der Waals surface area contributed by atoms with Crippen LogP contribution in [-0.2, 0) is 9.59 Å². The van der Waals surface area contributed by atoms with Crippen LogP contribution >= 0.6 is 0 Å². The first kappa shape index (κ1) is 16.0. The Kier molecular flexibility index (Phi) is 7.17. The van der Waals surface area contributed by atoms with Gasteiger partial charge < -0.3 is 15.3 Å². The number of para-hydroxylation sites is 1. The van der Waals surface area contributed by atoms with Gasteiger partial charge in [-0.2, -0.15) is 0 Å². The molecule has 110 valence electrons. The predicted molar refractivity (Wildman–Crippen MR) is 78.8 cm³/mol. The summed E-state index contributed by atoms with van der Waals surface area (Å²) in [5, 5.41) is 11.3. The minimum Gasteiger partial charge on any atom is -0.481 e. The molecule has 0 aromatic heterocycles. The molecule has 0 saturated carbocycles. The van der Waals surface area contributed by atoms with Gasteiger partial charge in [0, 0.05) is 38.7 Å². The number of amides is 1. The van der Waals surface area contributed by atoms with Gasteiger partial charge in [-0.05, 0) is 25.0 Å². The van der Waals surface area contributed by atoms with E-state index in [0.29, 0.717) is 25.8 Å². The molecule has 20 heavy (non-hydrogen) atoms. The maximum atomic E-state index is 11.5. The van der Waals surface area contributed by atoms with Gasteiger partial charge in [-0.25, -0.2) is 0 Å². The molecule has 0 atom stereocenters. The van der Waals surface area contributed by atoms with Gasteiger partial charge >= 0.3 is 5.97 Å². The van der Waals surface area contributed by atoms with E-state index in [1.54, 1.807) is 0 Å². The summed E-state index contributed by atoms with van der Waals surface area (Å²) in [5.41, 5.74) is 1.11. The van der Waals surface area contributed by atoms with Gasteiger partial charge in [0.15, 0.2) is 0 Å². The van der Waals surface area contributed by atoms with Crippen LogP contribution in [0.3, 0.4) is 0 Å². The van der Waals surface area contributed by atoms with Crippen LogP contribution in [0.1, 0.15) is 25.7 Å². The van der Waals surface area contributed by atoms with Gasteiger partial charge in [-0.1, -0.05) is 18.2 Å². The van der Waals surface area contributed by atoms with Crippen molar-refractivity contribution < 1.29 is 14.7 Å². The highest BCUT2D eigenvalue weighted by Gasteiger charge is 2.04. The highest BCUT2D eigenvalue weighted by atomic mass is 16.4. The molecule has 5 nitrogen and oxygen atoms in total. The van der Waals surface area contributed by atoms with Crippen molar-refractivity contribution in [1.29, 1.82) is 0 Å². The molecule has 0 unspecified atom stereocenters. The Morgan fingerprint density at radius 2 is 1.80 bits per heavy atom. The molecule has 0 aliphatic carbocycles. The van der Waals surface area contributed by atoms with E-state index in [9.17, 15) is 9.59 Å². The molecule has 1 aromatic carbocycles. The van der Waals surface area contributed by atoms with Gasteiger partial charge in [0.05, 0.1) is 0 Å². The van der Waals surface area contributed by atoms with Gasteiger partial charge in [-0.15, -0.1) is 0 Å². The number of carbonyl (C=O) groups is 2. The first-order valence-electron chi connectivity index (χ1n) is 6.84. The van der Waals surface area contributed by atoms with Crippen LogP contribution < -0.4 is 10.2 Å². The van der Waals surface area contributed by atoms with Crippen LogP contribution in [0.25, 0.3) is 0 Å². The summed E-state index contributed by atoms with van der Waals surface area (Å²) in [6, 6.07) is 9.97. The van der Waals surface area contributed by atoms with E-state index in [1.807, 2.05) is 37.4 Å². The number of likely N-dealkylation sites (N-methyl/N-ethyl adjacent to an activating group) is 1. The number of nitrogens with one attached hydrogen (secondary N) is 1. The fourth-order valence-electron chi connectivity index (χ4n) is 1.82. The number of aliphatic carboxylic acids is 1. The molecule has 0 aliphatic heterocycles. The van der Waals surface area contributed by atoms with Crippen molar-refractivity contribution in [3.05, 3.63) is 30.3 Å². The van der Waals surface area contributed by atoms with E-state index in [2.05, 4.69) is 10.2 Å². The molecule has 5 heteroatoms. The summed E-state index contributed by atoms with van der Waals surface area (Å²) in [6.07, 6.45) is 1.69. The van der Waals surface area contributed by atoms with Crippen molar-refractivity contribution in [2.24, 2.45) is 0 Å². The van der Waals surface area contributed by atoms with E-state index in [4.69, 9.17) is 5.11 Å². The number of carboxylic acid groups (broad SMARTS) is 1. The van der Waals surface area contributed by atoms with E-state index < -0.39 is 5.97 Å². The van der Waals surface area contributed by atoms with Crippen molar-refractivity contribution >= 4 is 17.6 Å². The second-order valence-corrected chi connectivity index (χ2v) is 4.71. The van der Waals surface area contributed by atoms with Crippen LogP contribution in [0.2, 0.25) is 0 Å². The van der Waals surface area contributed by atoms with Gasteiger partial charge in [0.2, 0.25) is 5.91 Å². The van der Waals surface area contributed by atoms with Crippen LogP contribution in [0, 0.1) is 0 Å². The molecule has 0 aliphatic rings. The second-order valence-electron chi connectivity index (χ2n) is 4.71. The first-order valence-corrected chi connectivity index (χ1v) is 6.84. The number of rotatable bonds is 9. The Labute approximate surface area is 119 Å². The highest BCUT2D eigenvalue weighted by Crippen LogP contribution is 2.09. The lowest BCUT2D eigenvalue weighted by Crippen LogP contribution is -2.32. The molecule has 0 bridgehead atoms. The topological polar surface area (TPSA) is 69.6 Å². The Morgan fingerprint density at radius 1 is 1.15 bits per heavy atom. The Morgan fingerprint density at radius 3 is 2.45 bits per heavy atom. The zero-order valence-electron chi connectivity index (χ0n) is 11.8. The maximum Gasteiger partial charge on any atom is 0.303 e. The number of hydrogen-bond acceptors (Lipinski definition) is 3. The Hall–Kier alpha value is -2.04. The third-order valence-electron chi connectivity index (χ3n) is 3.01. The monoisotopic (exact) mass is 278 g/mol. The molecule has 0 spiro atoms. The molecule has 0 heterocycles.